The first kappa shape index (κ1) is 14.1. The lowest BCUT2D eigenvalue weighted by atomic mass is 10.3. The highest BCUT2D eigenvalue weighted by atomic mass is 16.6. The number of nitrogens with zero attached hydrogens (tertiary/aromatic N) is 1. The van der Waals surface area contributed by atoms with Gasteiger partial charge in [-0.2, -0.15) is 0 Å². The molecule has 0 amide bonds. The predicted molar refractivity (Wildman–Crippen MR) is 60.6 cm³/mol. The number of hydrogen-bond donors (Lipinski definition) is 0. The summed E-state index contributed by atoms with van der Waals surface area (Å²) >= 11 is 0. The third-order valence-electron chi connectivity index (χ3n) is 1.49. The van der Waals surface area contributed by atoms with Gasteiger partial charge in [-0.05, 0) is 19.1 Å². The van der Waals surface area contributed by atoms with Gasteiger partial charge in [0, 0.05) is 12.1 Å². The minimum Gasteiger partial charge on any atom is -0.486 e. The van der Waals surface area contributed by atoms with Crippen LogP contribution in [0.3, 0.4) is 0 Å². The van der Waals surface area contributed by atoms with Crippen LogP contribution in [0, 0.1) is 10.1 Å². The maximum atomic E-state index is 10.6. The van der Waals surface area contributed by atoms with Gasteiger partial charge in [0.1, 0.15) is 12.4 Å². The first-order valence-corrected chi connectivity index (χ1v) is 4.96. The van der Waals surface area contributed by atoms with Crippen molar-refractivity contribution in [2.24, 2.45) is 0 Å². The summed E-state index contributed by atoms with van der Waals surface area (Å²) in [4.78, 5) is 20.4. The number of rotatable bonds is 4. The SMILES string of the molecule is CC.CC(=O)COc1ccc([N+](=O)[O-])cc1. The molecule has 0 spiro atoms. The van der Waals surface area contributed by atoms with E-state index in [0.717, 1.165) is 0 Å². The fourth-order valence-electron chi connectivity index (χ4n) is 0.849. The van der Waals surface area contributed by atoms with E-state index in [-0.39, 0.29) is 18.1 Å². The number of ether oxygens (including phenoxy) is 1. The smallest absolute Gasteiger partial charge is 0.269 e. The Morgan fingerprint density at radius 1 is 1.31 bits per heavy atom. The second kappa shape index (κ2) is 7.39. The fraction of sp³-hybridized carbons (Fsp3) is 0.364. The standard InChI is InChI=1S/C9H9NO4.C2H6/c1-7(11)6-14-9-4-2-8(3-5-9)10(12)13;1-2/h2-5H,6H2,1H3;1-2H3. The normalized spacial score (nSPS) is 8.69. The molecule has 16 heavy (non-hydrogen) atoms. The van der Waals surface area contributed by atoms with Gasteiger partial charge < -0.3 is 4.74 Å². The minimum absolute atomic E-state index is 0.000162. The topological polar surface area (TPSA) is 69.4 Å². The average molecular weight is 225 g/mol. The minimum atomic E-state index is -0.491. The monoisotopic (exact) mass is 225 g/mol. The van der Waals surface area contributed by atoms with Crippen LogP contribution < -0.4 is 4.74 Å². The third kappa shape index (κ3) is 5.09. The molecule has 5 nitrogen and oxygen atoms in total. The summed E-state index contributed by atoms with van der Waals surface area (Å²) in [6, 6.07) is 5.58. The highest BCUT2D eigenvalue weighted by Crippen LogP contribution is 2.16. The number of Topliss-reactive ketones (excluding diaryl/α,β-unsaturated/α-hetero) is 1. The Morgan fingerprint density at radius 3 is 2.19 bits per heavy atom. The van der Waals surface area contributed by atoms with E-state index in [4.69, 9.17) is 4.74 Å². The van der Waals surface area contributed by atoms with Gasteiger partial charge in [0.15, 0.2) is 5.78 Å². The van der Waals surface area contributed by atoms with E-state index in [1.54, 1.807) is 0 Å². The van der Waals surface area contributed by atoms with Crippen molar-refractivity contribution in [2.75, 3.05) is 6.61 Å². The molecule has 1 aromatic rings. The first-order valence-electron chi connectivity index (χ1n) is 4.96. The van der Waals surface area contributed by atoms with Gasteiger partial charge in [-0.3, -0.25) is 14.9 Å². The van der Waals surface area contributed by atoms with Gasteiger partial charge in [-0.1, -0.05) is 13.8 Å². The van der Waals surface area contributed by atoms with Crippen LogP contribution in [-0.4, -0.2) is 17.3 Å². The molecule has 0 radical (unpaired) electrons. The second-order valence-electron chi connectivity index (χ2n) is 2.74. The summed E-state index contributed by atoms with van der Waals surface area (Å²) in [5.74, 6) is 0.356. The predicted octanol–water partition coefficient (Wildman–Crippen LogP) is 2.59. The zero-order valence-corrected chi connectivity index (χ0v) is 9.60. The van der Waals surface area contributed by atoms with Crippen molar-refractivity contribution in [3.63, 3.8) is 0 Å². The van der Waals surface area contributed by atoms with Gasteiger partial charge in [0.2, 0.25) is 0 Å². The first-order chi connectivity index (χ1) is 7.59. The highest BCUT2D eigenvalue weighted by Gasteiger charge is 2.04. The van der Waals surface area contributed by atoms with Crippen molar-refractivity contribution >= 4 is 11.5 Å². The van der Waals surface area contributed by atoms with Crippen molar-refractivity contribution in [3.8, 4) is 5.75 Å². The Hall–Kier alpha value is -1.91. The molecule has 0 aliphatic carbocycles. The zero-order valence-electron chi connectivity index (χ0n) is 9.60. The molecule has 1 rings (SSSR count). The van der Waals surface area contributed by atoms with E-state index in [2.05, 4.69) is 0 Å². The molecule has 0 unspecified atom stereocenters. The molecule has 0 bridgehead atoms. The van der Waals surface area contributed by atoms with Crippen molar-refractivity contribution in [1.29, 1.82) is 0 Å². The molecular weight excluding hydrogens is 210 g/mol. The molecule has 0 atom stereocenters. The Morgan fingerprint density at radius 2 is 1.81 bits per heavy atom. The molecule has 0 N–H and O–H groups in total. The third-order valence-corrected chi connectivity index (χ3v) is 1.49. The number of nitro benzene ring substituents is 1. The molecule has 0 saturated carbocycles. The summed E-state index contributed by atoms with van der Waals surface area (Å²) in [6.45, 7) is 5.39. The van der Waals surface area contributed by atoms with Crippen LogP contribution in [-0.2, 0) is 4.79 Å². The molecule has 1 aromatic carbocycles. The Labute approximate surface area is 94.2 Å². The lowest BCUT2D eigenvalue weighted by Crippen LogP contribution is -2.06. The summed E-state index contributed by atoms with van der Waals surface area (Å²) in [5.41, 5.74) is 0.000162. The average Bonchev–Trinajstić information content (AvgIpc) is 2.29. The summed E-state index contributed by atoms with van der Waals surface area (Å²) in [5, 5.41) is 10.3. The van der Waals surface area contributed by atoms with Crippen LogP contribution in [0.1, 0.15) is 20.8 Å². The molecule has 0 fully saturated rings. The summed E-state index contributed by atoms with van der Waals surface area (Å²) < 4.78 is 5.03. The maximum absolute atomic E-state index is 10.6. The fourth-order valence-corrected chi connectivity index (χ4v) is 0.849. The number of ketones is 1. The van der Waals surface area contributed by atoms with E-state index < -0.39 is 4.92 Å². The molecule has 0 aliphatic rings. The molecular formula is C11H15NO4. The van der Waals surface area contributed by atoms with E-state index in [0.29, 0.717) is 5.75 Å². The van der Waals surface area contributed by atoms with Crippen molar-refractivity contribution < 1.29 is 14.5 Å². The number of non-ortho nitro benzene ring substituents is 1. The summed E-state index contributed by atoms with van der Waals surface area (Å²) in [6.07, 6.45) is 0. The van der Waals surface area contributed by atoms with E-state index in [9.17, 15) is 14.9 Å². The van der Waals surface area contributed by atoms with Gasteiger partial charge in [0.25, 0.3) is 5.69 Å². The zero-order chi connectivity index (χ0) is 12.6. The van der Waals surface area contributed by atoms with E-state index >= 15 is 0 Å². The maximum Gasteiger partial charge on any atom is 0.269 e. The van der Waals surface area contributed by atoms with E-state index in [1.807, 2.05) is 13.8 Å². The molecule has 0 aliphatic heterocycles. The Kier molecular flexibility index (Phi) is 6.51. The quantitative estimate of drug-likeness (QED) is 0.583. The number of carbonyl (C=O) groups is 1. The van der Waals surface area contributed by atoms with E-state index in [1.165, 1.54) is 31.2 Å². The Bertz CT molecular complexity index is 346. The lowest BCUT2D eigenvalue weighted by Gasteiger charge is -2.02. The number of nitro groups is 1. The van der Waals surface area contributed by atoms with Crippen molar-refractivity contribution in [3.05, 3.63) is 34.4 Å². The highest BCUT2D eigenvalue weighted by molar-refractivity contribution is 5.77. The number of benzene rings is 1. The number of hydrogen-bond acceptors (Lipinski definition) is 4. The van der Waals surface area contributed by atoms with Crippen LogP contribution in [0.25, 0.3) is 0 Å². The molecule has 0 saturated heterocycles. The lowest BCUT2D eigenvalue weighted by molar-refractivity contribution is -0.384. The van der Waals surface area contributed by atoms with Crippen molar-refractivity contribution in [2.45, 2.75) is 20.8 Å². The molecule has 88 valence electrons. The van der Waals surface area contributed by atoms with Crippen LogP contribution in [0.15, 0.2) is 24.3 Å². The number of carbonyl (C=O) groups excluding carboxylic acids is 1. The van der Waals surface area contributed by atoms with Crippen LogP contribution in [0.5, 0.6) is 5.75 Å². The van der Waals surface area contributed by atoms with Crippen LogP contribution in [0.4, 0.5) is 5.69 Å². The van der Waals surface area contributed by atoms with Gasteiger partial charge in [-0.25, -0.2) is 0 Å². The van der Waals surface area contributed by atoms with Gasteiger partial charge >= 0.3 is 0 Å². The molecule has 5 heteroatoms. The largest absolute Gasteiger partial charge is 0.486 e. The molecule has 0 heterocycles. The van der Waals surface area contributed by atoms with Crippen LogP contribution >= 0.6 is 0 Å². The molecule has 0 aromatic heterocycles. The van der Waals surface area contributed by atoms with Crippen molar-refractivity contribution in [1.82, 2.24) is 0 Å². The Balaban J connectivity index is 0.00000106. The van der Waals surface area contributed by atoms with Gasteiger partial charge in [-0.15, -0.1) is 0 Å². The van der Waals surface area contributed by atoms with Gasteiger partial charge in [0.05, 0.1) is 4.92 Å². The van der Waals surface area contributed by atoms with Crippen LogP contribution in [0.2, 0.25) is 0 Å². The summed E-state index contributed by atoms with van der Waals surface area (Å²) in [7, 11) is 0. The second-order valence-corrected chi connectivity index (χ2v) is 2.74.